The second-order valence-corrected chi connectivity index (χ2v) is 11.2. The van der Waals surface area contributed by atoms with Crippen LogP contribution in [0.25, 0.3) is 0 Å². The van der Waals surface area contributed by atoms with Gasteiger partial charge in [0, 0.05) is 33.1 Å². The van der Waals surface area contributed by atoms with E-state index in [2.05, 4.69) is 5.48 Å². The summed E-state index contributed by atoms with van der Waals surface area (Å²) < 4.78 is 0. The molecule has 2 aromatic carbocycles. The van der Waals surface area contributed by atoms with Crippen molar-refractivity contribution in [3.05, 3.63) is 70.3 Å². The maximum absolute atomic E-state index is 13.5. The minimum absolute atomic E-state index is 0.0609. The number of rotatable bonds is 8. The molecule has 0 spiro atoms. The lowest BCUT2D eigenvalue weighted by Crippen LogP contribution is -2.42. The third kappa shape index (κ3) is 6.51. The van der Waals surface area contributed by atoms with Crippen molar-refractivity contribution in [2.45, 2.75) is 61.0 Å². The number of ketones is 3. The largest absolute Gasteiger partial charge is 0.479 e. The number of hydrogen-bond donors (Lipinski definition) is 2. The lowest BCUT2D eigenvalue weighted by atomic mass is 9.84. The van der Waals surface area contributed by atoms with Crippen LogP contribution in [0.1, 0.15) is 102 Å². The van der Waals surface area contributed by atoms with Crippen molar-refractivity contribution in [1.82, 2.24) is 5.48 Å². The molecule has 0 radical (unpaired) electrons. The van der Waals surface area contributed by atoms with E-state index >= 15 is 0 Å². The average Bonchev–Trinajstić information content (AvgIpc) is 2.79. The molecule has 0 bridgehead atoms. The van der Waals surface area contributed by atoms with Gasteiger partial charge in [-0.3, -0.25) is 24.0 Å². The van der Waals surface area contributed by atoms with Crippen LogP contribution >= 0.6 is 0 Å². The SMILES string of the molecule is CC(C)(C)C(=O)c1ccc(C(=O)c2cc(C(=O)C(C)(C)C)ccc2C(=O)NOC(C)(C)C(=O)O)cc1. The van der Waals surface area contributed by atoms with Gasteiger partial charge in [-0.2, -0.15) is 0 Å². The van der Waals surface area contributed by atoms with E-state index in [1.807, 2.05) is 0 Å². The van der Waals surface area contributed by atoms with Gasteiger partial charge in [0.2, 0.25) is 0 Å². The number of aliphatic carboxylic acids is 1. The second-order valence-electron chi connectivity index (χ2n) is 11.2. The Kier molecular flexibility index (Phi) is 8.06. The summed E-state index contributed by atoms with van der Waals surface area (Å²) in [5.41, 5.74) is -0.209. The standard InChI is InChI=1S/C28H33NO7/c1-26(2,3)22(31)17-11-9-16(10-12-17)21(30)20-15-18(23(32)27(4,5)6)13-14-19(20)24(33)29-36-28(7,8)25(34)35/h9-15H,1-8H3,(H,29,33)(H,34,35). The summed E-state index contributed by atoms with van der Waals surface area (Å²) in [6.07, 6.45) is 0. The van der Waals surface area contributed by atoms with Crippen LogP contribution in [-0.2, 0) is 9.63 Å². The third-order valence-electron chi connectivity index (χ3n) is 5.46. The monoisotopic (exact) mass is 495 g/mol. The van der Waals surface area contributed by atoms with Crippen LogP contribution in [0, 0.1) is 10.8 Å². The molecule has 36 heavy (non-hydrogen) atoms. The zero-order valence-electron chi connectivity index (χ0n) is 21.9. The number of carboxylic acids is 1. The molecule has 0 atom stereocenters. The van der Waals surface area contributed by atoms with Crippen molar-refractivity contribution < 1.29 is 33.9 Å². The van der Waals surface area contributed by atoms with Gasteiger partial charge in [0.25, 0.3) is 5.91 Å². The molecule has 2 aromatic rings. The molecule has 8 heteroatoms. The number of carbonyl (C=O) groups is 5. The van der Waals surface area contributed by atoms with Gasteiger partial charge in [-0.15, -0.1) is 0 Å². The Morgan fingerprint density at radius 1 is 0.667 bits per heavy atom. The number of benzene rings is 2. The fraction of sp³-hybridized carbons (Fsp3) is 0.393. The van der Waals surface area contributed by atoms with Gasteiger partial charge in [0.1, 0.15) is 0 Å². The maximum atomic E-state index is 13.5. The maximum Gasteiger partial charge on any atom is 0.338 e. The minimum atomic E-state index is -1.71. The summed E-state index contributed by atoms with van der Waals surface area (Å²) in [5, 5.41) is 9.21. The van der Waals surface area contributed by atoms with Crippen molar-refractivity contribution in [2.75, 3.05) is 0 Å². The summed E-state index contributed by atoms with van der Waals surface area (Å²) in [6.45, 7) is 13.1. The minimum Gasteiger partial charge on any atom is -0.479 e. The predicted octanol–water partition coefficient (Wildman–Crippen LogP) is 4.90. The first kappa shape index (κ1) is 28.6. The molecular formula is C28H33NO7. The average molecular weight is 496 g/mol. The first-order valence-corrected chi connectivity index (χ1v) is 11.5. The topological polar surface area (TPSA) is 127 Å². The Morgan fingerprint density at radius 3 is 1.58 bits per heavy atom. The molecule has 0 aromatic heterocycles. The van der Waals surface area contributed by atoms with E-state index < -0.39 is 34.1 Å². The van der Waals surface area contributed by atoms with Crippen LogP contribution in [-0.4, -0.2) is 39.9 Å². The summed E-state index contributed by atoms with van der Waals surface area (Å²) in [6, 6.07) is 10.2. The molecule has 2 rings (SSSR count). The number of Topliss-reactive ketones (excluding diaryl/α,β-unsaturated/α-hetero) is 2. The van der Waals surface area contributed by atoms with Crippen molar-refractivity contribution in [1.29, 1.82) is 0 Å². The molecular weight excluding hydrogens is 462 g/mol. The van der Waals surface area contributed by atoms with Crippen LogP contribution in [0.4, 0.5) is 0 Å². The molecule has 0 unspecified atom stereocenters. The molecule has 1 amide bonds. The molecule has 2 N–H and O–H groups in total. The van der Waals surface area contributed by atoms with Gasteiger partial charge in [-0.1, -0.05) is 71.9 Å². The van der Waals surface area contributed by atoms with Gasteiger partial charge in [-0.25, -0.2) is 10.3 Å². The summed E-state index contributed by atoms with van der Waals surface area (Å²) in [5.74, 6) is -3.00. The first-order chi connectivity index (χ1) is 16.4. The molecule has 0 saturated heterocycles. The predicted molar refractivity (Wildman–Crippen MR) is 134 cm³/mol. The highest BCUT2D eigenvalue weighted by atomic mass is 16.7. The smallest absolute Gasteiger partial charge is 0.338 e. The molecule has 192 valence electrons. The first-order valence-electron chi connectivity index (χ1n) is 11.5. The molecule has 0 aliphatic carbocycles. The fourth-order valence-electron chi connectivity index (χ4n) is 3.14. The number of hydrogen-bond acceptors (Lipinski definition) is 6. The number of nitrogens with one attached hydrogen (secondary N) is 1. The molecule has 0 saturated carbocycles. The van der Waals surface area contributed by atoms with E-state index in [4.69, 9.17) is 4.84 Å². The third-order valence-corrected chi connectivity index (χ3v) is 5.46. The number of hydroxylamine groups is 1. The van der Waals surface area contributed by atoms with Gasteiger partial charge in [0.05, 0.1) is 5.56 Å². The Hall–Kier alpha value is -3.65. The second kappa shape index (κ2) is 10.1. The molecule has 0 aliphatic heterocycles. The zero-order chi connectivity index (χ0) is 27.6. The number of carboxylic acid groups (broad SMARTS) is 1. The van der Waals surface area contributed by atoms with Gasteiger partial charge in [0.15, 0.2) is 23.0 Å². The van der Waals surface area contributed by atoms with Gasteiger partial charge < -0.3 is 5.11 Å². The van der Waals surface area contributed by atoms with Crippen molar-refractivity contribution >= 4 is 29.2 Å². The highest BCUT2D eigenvalue weighted by molar-refractivity contribution is 6.16. The van der Waals surface area contributed by atoms with E-state index in [1.165, 1.54) is 44.2 Å². The van der Waals surface area contributed by atoms with Crippen LogP contribution < -0.4 is 5.48 Å². The Morgan fingerprint density at radius 2 is 1.11 bits per heavy atom. The van der Waals surface area contributed by atoms with Crippen LogP contribution in [0.3, 0.4) is 0 Å². The van der Waals surface area contributed by atoms with Crippen LogP contribution in [0.5, 0.6) is 0 Å². The van der Waals surface area contributed by atoms with E-state index in [0.29, 0.717) is 5.56 Å². The van der Waals surface area contributed by atoms with Crippen LogP contribution in [0.15, 0.2) is 42.5 Å². The summed E-state index contributed by atoms with van der Waals surface area (Å²) in [4.78, 5) is 68.1. The number of amides is 1. The summed E-state index contributed by atoms with van der Waals surface area (Å²) >= 11 is 0. The quantitative estimate of drug-likeness (QED) is 0.394. The molecule has 0 heterocycles. The van der Waals surface area contributed by atoms with Crippen molar-refractivity contribution in [2.24, 2.45) is 10.8 Å². The van der Waals surface area contributed by atoms with Crippen molar-refractivity contribution in [3.63, 3.8) is 0 Å². The highest BCUT2D eigenvalue weighted by Gasteiger charge is 2.31. The Bertz CT molecular complexity index is 1210. The van der Waals surface area contributed by atoms with Crippen LogP contribution in [0.2, 0.25) is 0 Å². The van der Waals surface area contributed by atoms with Crippen molar-refractivity contribution in [3.8, 4) is 0 Å². The Labute approximate surface area is 211 Å². The van der Waals surface area contributed by atoms with E-state index in [-0.39, 0.29) is 33.8 Å². The highest BCUT2D eigenvalue weighted by Crippen LogP contribution is 2.26. The molecule has 0 aliphatic rings. The lowest BCUT2D eigenvalue weighted by Gasteiger charge is -2.21. The Balaban J connectivity index is 2.52. The lowest BCUT2D eigenvalue weighted by molar-refractivity contribution is -0.167. The molecule has 8 nitrogen and oxygen atoms in total. The zero-order valence-corrected chi connectivity index (χ0v) is 21.9. The van der Waals surface area contributed by atoms with E-state index in [9.17, 15) is 29.1 Å². The van der Waals surface area contributed by atoms with Gasteiger partial charge in [-0.05, 0) is 26.0 Å². The van der Waals surface area contributed by atoms with E-state index in [1.54, 1.807) is 53.7 Å². The number of carbonyl (C=O) groups excluding carboxylic acids is 4. The van der Waals surface area contributed by atoms with E-state index in [0.717, 1.165) is 0 Å². The van der Waals surface area contributed by atoms with Gasteiger partial charge >= 0.3 is 5.97 Å². The fourth-order valence-corrected chi connectivity index (χ4v) is 3.14. The molecule has 0 fully saturated rings. The summed E-state index contributed by atoms with van der Waals surface area (Å²) in [7, 11) is 0. The normalized spacial score (nSPS) is 12.1.